The zero-order valence-corrected chi connectivity index (χ0v) is 17.8. The minimum absolute atomic E-state index is 0.0898. The second-order valence-electron chi connectivity index (χ2n) is 6.27. The van der Waals surface area contributed by atoms with Crippen molar-refractivity contribution in [1.82, 2.24) is 9.62 Å². The number of piperazine rings is 1. The van der Waals surface area contributed by atoms with Gasteiger partial charge in [0, 0.05) is 42.0 Å². The van der Waals surface area contributed by atoms with Gasteiger partial charge in [-0.3, -0.25) is 4.79 Å². The van der Waals surface area contributed by atoms with Gasteiger partial charge < -0.3 is 10.2 Å². The van der Waals surface area contributed by atoms with Crippen molar-refractivity contribution in [3.63, 3.8) is 0 Å². The van der Waals surface area contributed by atoms with Crippen molar-refractivity contribution < 1.29 is 13.2 Å². The van der Waals surface area contributed by atoms with Crippen LogP contribution < -0.4 is 10.2 Å². The lowest BCUT2D eigenvalue weighted by Crippen LogP contribution is -2.50. The third-order valence-electron chi connectivity index (χ3n) is 4.52. The number of halogens is 1. The molecule has 1 heterocycles. The van der Waals surface area contributed by atoms with Crippen molar-refractivity contribution in [3.05, 3.63) is 63.7 Å². The van der Waals surface area contributed by atoms with Gasteiger partial charge in [0.05, 0.1) is 11.3 Å². The summed E-state index contributed by atoms with van der Waals surface area (Å²) in [5.41, 5.74) is 1.67. The summed E-state index contributed by atoms with van der Waals surface area (Å²) in [5.74, 6) is -0.336. The number of rotatable bonds is 6. The summed E-state index contributed by atoms with van der Waals surface area (Å²) < 4.78 is 27.5. The zero-order valence-electron chi connectivity index (χ0n) is 14.8. The van der Waals surface area contributed by atoms with Crippen LogP contribution in [-0.2, 0) is 10.0 Å². The number of hydrogen-bond acceptors (Lipinski definition) is 4. The van der Waals surface area contributed by atoms with E-state index in [9.17, 15) is 13.2 Å². The van der Waals surface area contributed by atoms with Crippen LogP contribution in [0.5, 0.6) is 0 Å². The molecule has 27 heavy (non-hydrogen) atoms. The lowest BCUT2D eigenvalue weighted by Gasteiger charge is -2.35. The number of amides is 1. The van der Waals surface area contributed by atoms with Crippen LogP contribution in [-0.4, -0.2) is 57.1 Å². The van der Waals surface area contributed by atoms with Crippen LogP contribution in [0.1, 0.15) is 10.4 Å². The highest BCUT2D eigenvalue weighted by Gasteiger charge is 2.26. The molecule has 0 bridgehead atoms. The van der Waals surface area contributed by atoms with Gasteiger partial charge in [-0.2, -0.15) is 4.31 Å². The second kappa shape index (κ2) is 9.03. The summed E-state index contributed by atoms with van der Waals surface area (Å²) in [4.78, 5) is 14.4. The average Bonchev–Trinajstić information content (AvgIpc) is 2.69. The van der Waals surface area contributed by atoms with Gasteiger partial charge >= 0.3 is 0 Å². The highest BCUT2D eigenvalue weighted by atomic mass is 127. The lowest BCUT2D eigenvalue weighted by atomic mass is 10.2. The maximum atomic E-state index is 12.6. The summed E-state index contributed by atoms with van der Waals surface area (Å²) in [6, 6.07) is 17.2. The van der Waals surface area contributed by atoms with Crippen molar-refractivity contribution in [2.24, 2.45) is 0 Å². The van der Waals surface area contributed by atoms with E-state index in [4.69, 9.17) is 0 Å². The molecule has 0 saturated carbocycles. The fourth-order valence-electron chi connectivity index (χ4n) is 3.03. The Kier molecular flexibility index (Phi) is 6.72. The number of carbonyl (C=O) groups excluding carboxylic acids is 1. The highest BCUT2D eigenvalue weighted by molar-refractivity contribution is 14.1. The van der Waals surface area contributed by atoms with Gasteiger partial charge in [-0.15, -0.1) is 0 Å². The van der Waals surface area contributed by atoms with Crippen molar-refractivity contribution in [2.45, 2.75) is 0 Å². The standard InChI is InChI=1S/C19H22IN3O3S/c20-18-9-5-4-8-17(18)19(24)21-10-15-27(25,26)23-13-11-22(12-14-23)16-6-2-1-3-7-16/h1-9H,10-15H2,(H,21,24). The fourth-order valence-corrected chi connectivity index (χ4v) is 5.00. The molecule has 2 aromatic carbocycles. The minimum Gasteiger partial charge on any atom is -0.369 e. The number of nitrogens with one attached hydrogen (secondary N) is 1. The molecule has 1 aliphatic heterocycles. The van der Waals surface area contributed by atoms with E-state index in [1.165, 1.54) is 4.31 Å². The van der Waals surface area contributed by atoms with Gasteiger partial charge in [-0.1, -0.05) is 30.3 Å². The van der Waals surface area contributed by atoms with E-state index in [1.807, 2.05) is 42.5 Å². The Bertz CT molecular complexity index is 882. The third-order valence-corrected chi connectivity index (χ3v) is 7.33. The summed E-state index contributed by atoms with van der Waals surface area (Å²) in [5, 5.41) is 2.71. The van der Waals surface area contributed by atoms with Gasteiger partial charge in [-0.05, 0) is 46.9 Å². The number of carbonyl (C=O) groups is 1. The van der Waals surface area contributed by atoms with Crippen LogP contribution >= 0.6 is 22.6 Å². The molecule has 8 heteroatoms. The van der Waals surface area contributed by atoms with E-state index >= 15 is 0 Å². The zero-order chi connectivity index (χ0) is 19.3. The second-order valence-corrected chi connectivity index (χ2v) is 9.52. The lowest BCUT2D eigenvalue weighted by molar-refractivity contribution is 0.0955. The Morgan fingerprint density at radius 2 is 1.59 bits per heavy atom. The molecule has 6 nitrogen and oxygen atoms in total. The van der Waals surface area contributed by atoms with Crippen LogP contribution in [0, 0.1) is 3.57 Å². The summed E-state index contributed by atoms with van der Waals surface area (Å²) >= 11 is 2.09. The molecular weight excluding hydrogens is 477 g/mol. The first kappa shape index (κ1) is 20.1. The Hall–Kier alpha value is -1.65. The Balaban J connectivity index is 1.49. The molecule has 1 fully saturated rings. The van der Waals surface area contributed by atoms with E-state index in [1.54, 1.807) is 12.1 Å². The number of sulfonamides is 1. The van der Waals surface area contributed by atoms with Crippen molar-refractivity contribution >= 4 is 44.2 Å². The Labute approximate surface area is 173 Å². The van der Waals surface area contributed by atoms with Gasteiger partial charge in [0.15, 0.2) is 0 Å². The average molecular weight is 499 g/mol. The van der Waals surface area contributed by atoms with Gasteiger partial charge in [0.1, 0.15) is 0 Å². The Morgan fingerprint density at radius 1 is 0.963 bits per heavy atom. The summed E-state index contributed by atoms with van der Waals surface area (Å²) in [7, 11) is -3.39. The number of hydrogen-bond donors (Lipinski definition) is 1. The molecule has 0 aliphatic carbocycles. The smallest absolute Gasteiger partial charge is 0.252 e. The molecule has 1 saturated heterocycles. The third kappa shape index (κ3) is 5.20. The molecule has 1 amide bonds. The first-order valence-corrected chi connectivity index (χ1v) is 11.5. The topological polar surface area (TPSA) is 69.7 Å². The number of para-hydroxylation sites is 1. The molecular formula is C19H22IN3O3S. The largest absolute Gasteiger partial charge is 0.369 e. The SMILES string of the molecule is O=C(NCCS(=O)(=O)N1CCN(c2ccccc2)CC1)c1ccccc1I. The van der Waals surface area contributed by atoms with Crippen LogP contribution in [0.25, 0.3) is 0 Å². The van der Waals surface area contributed by atoms with Crippen molar-refractivity contribution in [2.75, 3.05) is 43.4 Å². The number of anilines is 1. The molecule has 2 aromatic rings. The van der Waals surface area contributed by atoms with Crippen molar-refractivity contribution in [3.8, 4) is 0 Å². The molecule has 0 radical (unpaired) electrons. The molecule has 3 rings (SSSR count). The normalized spacial score (nSPS) is 15.5. The van der Waals surface area contributed by atoms with E-state index < -0.39 is 10.0 Å². The highest BCUT2D eigenvalue weighted by Crippen LogP contribution is 2.17. The van der Waals surface area contributed by atoms with Crippen LogP contribution in [0.15, 0.2) is 54.6 Å². The molecule has 0 aromatic heterocycles. The van der Waals surface area contributed by atoms with Crippen LogP contribution in [0.3, 0.4) is 0 Å². The van der Waals surface area contributed by atoms with Crippen molar-refractivity contribution in [1.29, 1.82) is 0 Å². The quantitative estimate of drug-likeness (QED) is 0.619. The van der Waals surface area contributed by atoms with E-state index in [-0.39, 0.29) is 18.2 Å². The first-order valence-electron chi connectivity index (χ1n) is 8.78. The minimum atomic E-state index is -3.39. The molecule has 0 atom stereocenters. The molecule has 0 spiro atoms. The predicted molar refractivity (Wildman–Crippen MR) is 116 cm³/mol. The summed E-state index contributed by atoms with van der Waals surface area (Å²) in [6.07, 6.45) is 0. The fraction of sp³-hybridized carbons (Fsp3) is 0.316. The number of nitrogens with zero attached hydrogens (tertiary/aromatic N) is 2. The van der Waals surface area contributed by atoms with Gasteiger partial charge in [0.25, 0.3) is 5.91 Å². The van der Waals surface area contributed by atoms with Gasteiger partial charge in [0.2, 0.25) is 10.0 Å². The number of benzene rings is 2. The van der Waals surface area contributed by atoms with Crippen LogP contribution in [0.4, 0.5) is 5.69 Å². The molecule has 1 N–H and O–H groups in total. The van der Waals surface area contributed by atoms with E-state index in [2.05, 4.69) is 32.8 Å². The monoisotopic (exact) mass is 499 g/mol. The maximum Gasteiger partial charge on any atom is 0.252 e. The molecule has 1 aliphatic rings. The Morgan fingerprint density at radius 3 is 2.26 bits per heavy atom. The predicted octanol–water partition coefficient (Wildman–Crippen LogP) is 2.17. The van der Waals surface area contributed by atoms with Gasteiger partial charge in [-0.25, -0.2) is 8.42 Å². The van der Waals surface area contributed by atoms with E-state index in [0.717, 1.165) is 9.26 Å². The summed E-state index contributed by atoms with van der Waals surface area (Å²) in [6.45, 7) is 2.35. The van der Waals surface area contributed by atoms with Crippen LogP contribution in [0.2, 0.25) is 0 Å². The molecule has 0 unspecified atom stereocenters. The molecule has 144 valence electrons. The van der Waals surface area contributed by atoms with E-state index in [0.29, 0.717) is 31.7 Å². The maximum absolute atomic E-state index is 12.6. The first-order chi connectivity index (χ1) is 13.0.